The molecule has 1 atom stereocenters. The molecule has 0 aliphatic carbocycles. The van der Waals surface area contributed by atoms with Gasteiger partial charge in [0.15, 0.2) is 0 Å². The lowest BCUT2D eigenvalue weighted by atomic mass is 10.1. The lowest BCUT2D eigenvalue weighted by Crippen LogP contribution is -2.37. The first-order chi connectivity index (χ1) is 14.0. The molecule has 0 bridgehead atoms. The van der Waals surface area contributed by atoms with Crippen molar-refractivity contribution in [2.24, 2.45) is 0 Å². The molecule has 1 fully saturated rings. The van der Waals surface area contributed by atoms with E-state index in [1.807, 2.05) is 0 Å². The molecule has 0 spiro atoms. The highest BCUT2D eigenvalue weighted by atomic mass is 19.4. The normalized spacial score (nSPS) is 17.1. The van der Waals surface area contributed by atoms with Crippen LogP contribution in [0.4, 0.5) is 26.3 Å². The molecule has 2 N–H and O–H groups in total. The van der Waals surface area contributed by atoms with Gasteiger partial charge >= 0.3 is 12.4 Å². The predicted octanol–water partition coefficient (Wildman–Crippen LogP) is 5.00. The number of hydrogen-bond donors (Lipinski definition) is 2. The molecule has 1 amide bonds. The average molecular weight is 432 g/mol. The Kier molecular flexibility index (Phi) is 6.25. The predicted molar refractivity (Wildman–Crippen MR) is 96.3 cm³/mol. The summed E-state index contributed by atoms with van der Waals surface area (Å²) in [6, 6.07) is 6.58. The van der Waals surface area contributed by atoms with Crippen molar-refractivity contribution >= 4 is 5.91 Å². The molecule has 1 aliphatic rings. The van der Waals surface area contributed by atoms with Crippen LogP contribution in [0.25, 0.3) is 0 Å². The molecular formula is C20H18F6N2O2. The molecule has 4 nitrogen and oxygen atoms in total. The van der Waals surface area contributed by atoms with Crippen LogP contribution < -0.4 is 15.4 Å². The Bertz CT molecular complexity index is 855. The molecule has 0 radical (unpaired) electrons. The summed E-state index contributed by atoms with van der Waals surface area (Å²) in [7, 11) is 0. The van der Waals surface area contributed by atoms with Crippen molar-refractivity contribution in [3.05, 3.63) is 59.2 Å². The molecule has 2 aromatic rings. The minimum Gasteiger partial charge on any atom is -0.457 e. The zero-order valence-corrected chi connectivity index (χ0v) is 15.5. The topological polar surface area (TPSA) is 50.4 Å². The van der Waals surface area contributed by atoms with Crippen LogP contribution >= 0.6 is 0 Å². The van der Waals surface area contributed by atoms with Gasteiger partial charge in [-0.2, -0.15) is 26.3 Å². The quantitative estimate of drug-likeness (QED) is 0.654. The fourth-order valence-corrected chi connectivity index (χ4v) is 3.04. The summed E-state index contributed by atoms with van der Waals surface area (Å²) in [5, 5.41) is 6.00. The summed E-state index contributed by atoms with van der Waals surface area (Å²) < 4.78 is 82.8. The van der Waals surface area contributed by atoms with Crippen molar-refractivity contribution < 1.29 is 35.9 Å². The lowest BCUT2D eigenvalue weighted by Gasteiger charge is -2.15. The van der Waals surface area contributed by atoms with Crippen LogP contribution in [0.15, 0.2) is 42.5 Å². The SMILES string of the molecule is O=C(NC[C@@H]1CCCN1)c1ccc(Oc2cc(C(F)(F)F)cc(C(F)(F)F)c2)cc1. The minimum atomic E-state index is -4.96. The number of alkyl halides is 6. The van der Waals surface area contributed by atoms with Gasteiger partial charge in [0.2, 0.25) is 0 Å². The third-order valence-corrected chi connectivity index (χ3v) is 4.58. The molecular weight excluding hydrogens is 414 g/mol. The van der Waals surface area contributed by atoms with Crippen molar-refractivity contribution in [3.63, 3.8) is 0 Å². The van der Waals surface area contributed by atoms with Crippen LogP contribution in [-0.4, -0.2) is 25.0 Å². The molecule has 162 valence electrons. The Balaban J connectivity index is 1.72. The molecule has 10 heteroatoms. The molecule has 0 unspecified atom stereocenters. The highest BCUT2D eigenvalue weighted by Gasteiger charge is 2.37. The lowest BCUT2D eigenvalue weighted by molar-refractivity contribution is -0.143. The second-order valence-electron chi connectivity index (χ2n) is 6.87. The fourth-order valence-electron chi connectivity index (χ4n) is 3.04. The van der Waals surface area contributed by atoms with Crippen molar-refractivity contribution in [1.29, 1.82) is 0 Å². The summed E-state index contributed by atoms with van der Waals surface area (Å²) in [5.41, 5.74) is -2.65. The van der Waals surface area contributed by atoms with Gasteiger partial charge in [-0.05, 0) is 61.9 Å². The maximum absolute atomic E-state index is 12.9. The Morgan fingerprint density at radius 1 is 0.967 bits per heavy atom. The molecule has 3 rings (SSSR count). The Morgan fingerprint density at radius 3 is 2.07 bits per heavy atom. The monoisotopic (exact) mass is 432 g/mol. The van der Waals surface area contributed by atoms with E-state index in [-0.39, 0.29) is 23.8 Å². The summed E-state index contributed by atoms with van der Waals surface area (Å²) in [6.45, 7) is 1.36. The van der Waals surface area contributed by atoms with E-state index in [1.165, 1.54) is 24.3 Å². The second-order valence-corrected chi connectivity index (χ2v) is 6.87. The minimum absolute atomic E-state index is 0.00328. The van der Waals surface area contributed by atoms with E-state index >= 15 is 0 Å². The molecule has 1 saturated heterocycles. The van der Waals surface area contributed by atoms with Crippen LogP contribution in [0.5, 0.6) is 11.5 Å². The standard InChI is InChI=1S/C20H18F6N2O2/c21-19(22,23)13-8-14(20(24,25)26)10-17(9-13)30-16-5-3-12(4-6-16)18(29)28-11-15-2-1-7-27-15/h3-6,8-10,15,27H,1-2,7,11H2,(H,28,29)/t15-/m0/s1. The summed E-state index contributed by atoms with van der Waals surface area (Å²) >= 11 is 0. The number of hydrogen-bond acceptors (Lipinski definition) is 3. The molecule has 30 heavy (non-hydrogen) atoms. The van der Waals surface area contributed by atoms with E-state index in [1.54, 1.807) is 0 Å². The van der Waals surface area contributed by atoms with Crippen LogP contribution in [0, 0.1) is 0 Å². The summed E-state index contributed by atoms with van der Waals surface area (Å²) in [4.78, 5) is 12.2. The number of amides is 1. The number of halogens is 6. The second kappa shape index (κ2) is 8.55. The first-order valence-electron chi connectivity index (χ1n) is 9.11. The van der Waals surface area contributed by atoms with Gasteiger partial charge in [0.25, 0.3) is 5.91 Å². The maximum atomic E-state index is 12.9. The number of ether oxygens (including phenoxy) is 1. The molecule has 0 saturated carbocycles. The molecule has 2 aromatic carbocycles. The Morgan fingerprint density at radius 2 is 1.57 bits per heavy atom. The van der Waals surface area contributed by atoms with Gasteiger partial charge in [-0.15, -0.1) is 0 Å². The first-order valence-corrected chi connectivity index (χ1v) is 9.11. The van der Waals surface area contributed by atoms with Gasteiger partial charge in [-0.25, -0.2) is 0 Å². The largest absolute Gasteiger partial charge is 0.457 e. The van der Waals surface area contributed by atoms with Crippen molar-refractivity contribution in [2.75, 3.05) is 13.1 Å². The molecule has 1 heterocycles. The summed E-state index contributed by atoms with van der Waals surface area (Å²) in [6.07, 6.45) is -7.92. The number of rotatable bonds is 5. The number of carbonyl (C=O) groups excluding carboxylic acids is 1. The third kappa shape index (κ3) is 5.65. The van der Waals surface area contributed by atoms with Gasteiger partial charge in [0.1, 0.15) is 11.5 Å². The zero-order chi connectivity index (χ0) is 21.9. The van der Waals surface area contributed by atoms with Gasteiger partial charge in [-0.3, -0.25) is 4.79 Å². The zero-order valence-electron chi connectivity index (χ0n) is 15.5. The Labute approximate surface area is 168 Å². The fraction of sp³-hybridized carbons (Fsp3) is 0.350. The number of carbonyl (C=O) groups is 1. The highest BCUT2D eigenvalue weighted by molar-refractivity contribution is 5.94. The molecule has 1 aliphatic heterocycles. The van der Waals surface area contributed by atoms with Crippen molar-refractivity contribution in [2.45, 2.75) is 31.2 Å². The third-order valence-electron chi connectivity index (χ3n) is 4.58. The summed E-state index contributed by atoms with van der Waals surface area (Å²) in [5.74, 6) is -0.952. The van der Waals surface area contributed by atoms with E-state index in [0.29, 0.717) is 24.2 Å². The van der Waals surface area contributed by atoms with Crippen molar-refractivity contribution in [1.82, 2.24) is 10.6 Å². The van der Waals surface area contributed by atoms with Crippen LogP contribution in [0.1, 0.15) is 34.3 Å². The van der Waals surface area contributed by atoms with E-state index in [0.717, 1.165) is 19.4 Å². The van der Waals surface area contributed by atoms with Crippen molar-refractivity contribution in [3.8, 4) is 11.5 Å². The molecule has 0 aromatic heterocycles. The van der Waals surface area contributed by atoms with Gasteiger partial charge in [0, 0.05) is 18.2 Å². The van der Waals surface area contributed by atoms with E-state index in [9.17, 15) is 31.1 Å². The van der Waals surface area contributed by atoms with E-state index < -0.39 is 29.2 Å². The average Bonchev–Trinajstić information content (AvgIpc) is 3.19. The smallest absolute Gasteiger partial charge is 0.416 e. The number of benzene rings is 2. The number of nitrogens with one attached hydrogen (secondary N) is 2. The van der Waals surface area contributed by atoms with E-state index in [2.05, 4.69) is 10.6 Å². The van der Waals surface area contributed by atoms with Crippen LogP contribution in [0.2, 0.25) is 0 Å². The Hall–Kier alpha value is -2.75. The van der Waals surface area contributed by atoms with Gasteiger partial charge in [0.05, 0.1) is 11.1 Å². The van der Waals surface area contributed by atoms with Gasteiger partial charge in [-0.1, -0.05) is 0 Å². The van der Waals surface area contributed by atoms with E-state index in [4.69, 9.17) is 4.74 Å². The first kappa shape index (κ1) is 21.9. The van der Waals surface area contributed by atoms with Crippen LogP contribution in [0.3, 0.4) is 0 Å². The highest BCUT2D eigenvalue weighted by Crippen LogP contribution is 2.39. The maximum Gasteiger partial charge on any atom is 0.416 e. The van der Waals surface area contributed by atoms with Gasteiger partial charge < -0.3 is 15.4 Å². The van der Waals surface area contributed by atoms with Crippen LogP contribution in [-0.2, 0) is 12.4 Å².